The van der Waals surface area contributed by atoms with Gasteiger partial charge in [-0.15, -0.1) is 0 Å². The summed E-state index contributed by atoms with van der Waals surface area (Å²) in [5.41, 5.74) is 3.86. The summed E-state index contributed by atoms with van der Waals surface area (Å²) >= 11 is 0. The van der Waals surface area contributed by atoms with Crippen molar-refractivity contribution in [2.75, 3.05) is 19.1 Å². The van der Waals surface area contributed by atoms with E-state index in [1.165, 1.54) is 32.8 Å². The van der Waals surface area contributed by atoms with E-state index in [0.717, 1.165) is 35.2 Å². The molecule has 0 fully saturated rings. The molecule has 0 spiro atoms. The smallest absolute Gasteiger partial charge is 0.326 e. The predicted octanol–water partition coefficient (Wildman–Crippen LogP) is 6.50. The van der Waals surface area contributed by atoms with Crippen molar-refractivity contribution in [3.05, 3.63) is 83.9 Å². The number of anilines is 1. The highest BCUT2D eigenvalue weighted by molar-refractivity contribution is 5.97. The van der Waals surface area contributed by atoms with E-state index in [0.29, 0.717) is 17.7 Å². The normalized spacial score (nSPS) is 11.5. The summed E-state index contributed by atoms with van der Waals surface area (Å²) in [7, 11) is 3.32. The quantitative estimate of drug-likeness (QED) is 0.213. The largest absolute Gasteiger partial charge is 0.497 e. The zero-order valence-electron chi connectivity index (χ0n) is 23.7. The second-order valence-corrected chi connectivity index (χ2v) is 10.0. The van der Waals surface area contributed by atoms with Gasteiger partial charge in [0.15, 0.2) is 0 Å². The van der Waals surface area contributed by atoms with Gasteiger partial charge in [0.2, 0.25) is 5.91 Å². The Balaban J connectivity index is 1.61. The highest BCUT2D eigenvalue weighted by Crippen LogP contribution is 2.26. The first-order chi connectivity index (χ1) is 19.3. The van der Waals surface area contributed by atoms with Crippen LogP contribution in [0.3, 0.4) is 0 Å². The molecule has 0 saturated heterocycles. The third-order valence-corrected chi connectivity index (χ3v) is 7.01. The molecule has 7 heteroatoms. The molecule has 2 N–H and O–H groups in total. The van der Waals surface area contributed by atoms with Crippen LogP contribution in [-0.2, 0) is 16.0 Å². The van der Waals surface area contributed by atoms with E-state index < -0.39 is 17.9 Å². The van der Waals surface area contributed by atoms with Crippen LogP contribution >= 0.6 is 0 Å². The van der Waals surface area contributed by atoms with Crippen molar-refractivity contribution in [1.82, 2.24) is 5.32 Å². The molecule has 0 saturated carbocycles. The molecule has 0 aliphatic heterocycles. The van der Waals surface area contributed by atoms with E-state index in [2.05, 4.69) is 12.2 Å². The summed E-state index contributed by atoms with van der Waals surface area (Å²) in [6.07, 6.45) is 7.55. The van der Waals surface area contributed by atoms with E-state index in [1.807, 2.05) is 55.6 Å². The Morgan fingerprint density at radius 2 is 1.57 bits per heavy atom. The molecule has 0 heterocycles. The maximum atomic E-state index is 12.7. The van der Waals surface area contributed by atoms with Crippen molar-refractivity contribution in [3.8, 4) is 16.9 Å². The Bertz CT molecular complexity index is 1270. The van der Waals surface area contributed by atoms with Crippen molar-refractivity contribution in [3.63, 3.8) is 0 Å². The van der Waals surface area contributed by atoms with Crippen molar-refractivity contribution < 1.29 is 24.2 Å². The number of methoxy groups -OCH3 is 1. The molecule has 1 atom stereocenters. The second-order valence-electron chi connectivity index (χ2n) is 10.0. The lowest BCUT2D eigenvalue weighted by molar-refractivity contribution is -0.139. The lowest BCUT2D eigenvalue weighted by Gasteiger charge is -2.18. The third-order valence-electron chi connectivity index (χ3n) is 7.01. The van der Waals surface area contributed by atoms with Crippen LogP contribution in [0.15, 0.2) is 72.8 Å². The van der Waals surface area contributed by atoms with Crippen molar-refractivity contribution in [2.45, 2.75) is 64.3 Å². The van der Waals surface area contributed by atoms with Gasteiger partial charge >= 0.3 is 5.97 Å². The minimum Gasteiger partial charge on any atom is -0.497 e. The Morgan fingerprint density at radius 1 is 0.875 bits per heavy atom. The number of ether oxygens (including phenoxy) is 1. The SMILES string of the molecule is CCCCCCCCC(=O)N(C)c1cccc(-c2ccc(C[C@H](NC(=O)c3cccc(OC)c3)C(=O)O)cc2)c1. The molecular formula is C33H40N2O5. The third kappa shape index (κ3) is 8.97. The predicted molar refractivity (Wildman–Crippen MR) is 159 cm³/mol. The molecular weight excluding hydrogens is 504 g/mol. The van der Waals surface area contributed by atoms with E-state index in [4.69, 9.17) is 4.74 Å². The molecule has 3 aromatic rings. The van der Waals surface area contributed by atoms with E-state index in [-0.39, 0.29) is 12.3 Å². The van der Waals surface area contributed by atoms with Gasteiger partial charge in [-0.25, -0.2) is 4.79 Å². The van der Waals surface area contributed by atoms with Gasteiger partial charge in [-0.05, 0) is 53.4 Å². The first kappa shape index (κ1) is 30.4. The number of nitrogens with zero attached hydrogens (tertiary/aromatic N) is 1. The molecule has 0 aliphatic rings. The van der Waals surface area contributed by atoms with Crippen LogP contribution in [-0.4, -0.2) is 43.1 Å². The average Bonchev–Trinajstić information content (AvgIpc) is 2.98. The fourth-order valence-corrected chi connectivity index (χ4v) is 4.54. The Labute approximate surface area is 237 Å². The minimum atomic E-state index is -1.11. The number of aliphatic carboxylic acids is 1. The summed E-state index contributed by atoms with van der Waals surface area (Å²) in [6.45, 7) is 2.20. The molecule has 2 amide bonds. The van der Waals surface area contributed by atoms with E-state index in [1.54, 1.807) is 29.2 Å². The van der Waals surface area contributed by atoms with Crippen LogP contribution in [0, 0.1) is 0 Å². The molecule has 7 nitrogen and oxygen atoms in total. The number of hydrogen-bond acceptors (Lipinski definition) is 4. The number of carbonyl (C=O) groups is 3. The van der Waals surface area contributed by atoms with Gasteiger partial charge in [0.25, 0.3) is 5.91 Å². The number of unbranched alkanes of at least 4 members (excludes halogenated alkanes) is 5. The van der Waals surface area contributed by atoms with Crippen molar-refractivity contribution >= 4 is 23.5 Å². The second kappa shape index (κ2) is 15.5. The first-order valence-corrected chi connectivity index (χ1v) is 14.0. The zero-order chi connectivity index (χ0) is 28.9. The molecule has 40 heavy (non-hydrogen) atoms. The fraction of sp³-hybridized carbons (Fsp3) is 0.364. The van der Waals surface area contributed by atoms with Gasteiger partial charge < -0.3 is 20.1 Å². The number of carbonyl (C=O) groups excluding carboxylic acids is 2. The number of carboxylic acid groups (broad SMARTS) is 1. The zero-order valence-corrected chi connectivity index (χ0v) is 23.7. The Morgan fingerprint density at radius 3 is 2.27 bits per heavy atom. The topological polar surface area (TPSA) is 95.9 Å². The van der Waals surface area contributed by atoms with Gasteiger partial charge in [0.05, 0.1) is 7.11 Å². The summed E-state index contributed by atoms with van der Waals surface area (Å²) in [4.78, 5) is 39.0. The number of amides is 2. The number of rotatable bonds is 15. The molecule has 3 rings (SSSR count). The Kier molecular flexibility index (Phi) is 11.8. The average molecular weight is 545 g/mol. The molecule has 0 aromatic heterocycles. The molecule has 0 radical (unpaired) electrons. The molecule has 212 valence electrons. The summed E-state index contributed by atoms with van der Waals surface area (Å²) in [5, 5.41) is 12.3. The van der Waals surface area contributed by atoms with Crippen LogP contribution in [0.5, 0.6) is 5.75 Å². The number of carboxylic acids is 1. The number of hydrogen-bond donors (Lipinski definition) is 2. The number of nitrogens with one attached hydrogen (secondary N) is 1. The molecule has 0 unspecified atom stereocenters. The Hall–Kier alpha value is -4.13. The highest BCUT2D eigenvalue weighted by Gasteiger charge is 2.21. The maximum absolute atomic E-state index is 12.7. The van der Waals surface area contributed by atoms with Crippen LogP contribution in [0.2, 0.25) is 0 Å². The number of benzene rings is 3. The summed E-state index contributed by atoms with van der Waals surface area (Å²) in [5.74, 6) is -0.956. The van der Waals surface area contributed by atoms with Crippen molar-refractivity contribution in [1.29, 1.82) is 0 Å². The molecule has 0 bridgehead atoms. The fourth-order valence-electron chi connectivity index (χ4n) is 4.54. The van der Waals surface area contributed by atoms with E-state index >= 15 is 0 Å². The van der Waals surface area contributed by atoms with Gasteiger partial charge in [-0.1, -0.05) is 81.5 Å². The van der Waals surface area contributed by atoms with Crippen LogP contribution in [0.25, 0.3) is 11.1 Å². The van der Waals surface area contributed by atoms with Crippen LogP contribution in [0.1, 0.15) is 67.8 Å². The lowest BCUT2D eigenvalue weighted by atomic mass is 10.00. The monoisotopic (exact) mass is 544 g/mol. The first-order valence-electron chi connectivity index (χ1n) is 14.0. The standard InChI is InChI=1S/C33H40N2O5/c1-4-5-6-7-8-9-16-31(36)35(2)28-14-10-12-26(22-28)25-19-17-24(18-20-25)21-30(33(38)39)34-32(37)27-13-11-15-29(23-27)40-3/h10-15,17-20,22-23,30H,4-9,16,21H2,1-3H3,(H,34,37)(H,38,39)/t30-/m0/s1. The van der Waals surface area contributed by atoms with Gasteiger partial charge in [-0.3, -0.25) is 9.59 Å². The molecule has 3 aromatic carbocycles. The molecule has 0 aliphatic carbocycles. The highest BCUT2D eigenvalue weighted by atomic mass is 16.5. The van der Waals surface area contributed by atoms with Gasteiger partial charge in [0.1, 0.15) is 11.8 Å². The lowest BCUT2D eigenvalue weighted by Crippen LogP contribution is -2.42. The summed E-state index contributed by atoms with van der Waals surface area (Å²) < 4.78 is 5.15. The van der Waals surface area contributed by atoms with Gasteiger partial charge in [0, 0.05) is 31.1 Å². The van der Waals surface area contributed by atoms with Crippen LogP contribution in [0.4, 0.5) is 5.69 Å². The summed E-state index contributed by atoms with van der Waals surface area (Å²) in [6, 6.07) is 20.9. The van der Waals surface area contributed by atoms with E-state index in [9.17, 15) is 19.5 Å². The minimum absolute atomic E-state index is 0.110. The van der Waals surface area contributed by atoms with Crippen LogP contribution < -0.4 is 15.0 Å². The van der Waals surface area contributed by atoms with Gasteiger partial charge in [-0.2, -0.15) is 0 Å². The maximum Gasteiger partial charge on any atom is 0.326 e. The van der Waals surface area contributed by atoms with Crippen molar-refractivity contribution in [2.24, 2.45) is 0 Å².